The van der Waals surface area contributed by atoms with Gasteiger partial charge in [0.2, 0.25) is 5.91 Å². The summed E-state index contributed by atoms with van der Waals surface area (Å²) in [7, 11) is 0. The van der Waals surface area contributed by atoms with Gasteiger partial charge in [0.25, 0.3) is 0 Å². The molecular weight excluding hydrogens is 600 g/mol. The summed E-state index contributed by atoms with van der Waals surface area (Å²) in [5, 5.41) is 8.69. The Balaban J connectivity index is 0.000000202. The fraction of sp³-hybridized carbons (Fsp3) is 0.0769. The van der Waals surface area contributed by atoms with Crippen molar-refractivity contribution >= 4 is 49.1 Å². The van der Waals surface area contributed by atoms with Crippen molar-refractivity contribution in [2.75, 3.05) is 0 Å². The first-order valence-electron chi connectivity index (χ1n) is 10.7. The second kappa shape index (κ2) is 15.1. The van der Waals surface area contributed by atoms with E-state index >= 15 is 0 Å². The van der Waals surface area contributed by atoms with E-state index in [1.165, 1.54) is 6.92 Å². The zero-order valence-corrected chi connectivity index (χ0v) is 23.3. The zero-order chi connectivity index (χ0) is 27.2. The van der Waals surface area contributed by atoms with Gasteiger partial charge in [0.15, 0.2) is 5.82 Å². The van der Waals surface area contributed by atoms with Crippen LogP contribution in [0.3, 0.4) is 0 Å². The minimum absolute atomic E-state index is 0.333. The first kappa shape index (κ1) is 29.1. The van der Waals surface area contributed by atoms with Gasteiger partial charge in [0, 0.05) is 40.7 Å². The molecule has 5 heterocycles. The van der Waals surface area contributed by atoms with Crippen molar-refractivity contribution in [1.82, 2.24) is 28.7 Å². The number of nitrogens with zero attached hydrogens (tertiary/aromatic N) is 7. The number of primary amides is 1. The summed E-state index contributed by atoms with van der Waals surface area (Å²) >= 11 is 6.76. The molecule has 0 spiro atoms. The molecule has 0 atom stereocenters. The Kier molecular flexibility index (Phi) is 11.9. The van der Waals surface area contributed by atoms with E-state index in [1.807, 2.05) is 60.1 Å². The lowest BCUT2D eigenvalue weighted by Crippen LogP contribution is -2.01. The Labute approximate surface area is 231 Å². The van der Waals surface area contributed by atoms with Gasteiger partial charge in [0.05, 0.1) is 12.4 Å². The molecule has 5 rings (SSSR count). The van der Waals surface area contributed by atoms with Crippen LogP contribution in [-0.4, -0.2) is 34.6 Å². The van der Waals surface area contributed by atoms with E-state index in [-0.39, 0.29) is 5.91 Å². The summed E-state index contributed by atoms with van der Waals surface area (Å²) in [6.07, 6.45) is 16.1. The molecule has 0 fully saturated rings. The monoisotopic (exact) mass is 622 g/mol. The van der Waals surface area contributed by atoms with Gasteiger partial charge in [-0.1, -0.05) is 24.8 Å². The number of carbonyl (C=O) groups excluding carboxylic acids is 1. The molecule has 188 valence electrons. The zero-order valence-electron chi connectivity index (χ0n) is 20.2. The molecular formula is C26H24Br2N8O. The van der Waals surface area contributed by atoms with Crippen LogP contribution in [0, 0.1) is 11.3 Å². The summed E-state index contributed by atoms with van der Waals surface area (Å²) in [6, 6.07) is 11.5. The maximum absolute atomic E-state index is 9.22. The van der Waals surface area contributed by atoms with Gasteiger partial charge in [-0.25, -0.2) is 19.9 Å². The molecule has 0 aliphatic rings. The summed E-state index contributed by atoms with van der Waals surface area (Å²) < 4.78 is 5.63. The second-order valence-electron chi connectivity index (χ2n) is 6.99. The van der Waals surface area contributed by atoms with Gasteiger partial charge in [-0.2, -0.15) is 5.26 Å². The molecule has 0 aromatic carbocycles. The smallest absolute Gasteiger partial charge is 0.214 e. The lowest BCUT2D eigenvalue weighted by Gasteiger charge is -2.00. The molecule has 1 amide bonds. The number of pyridine rings is 2. The van der Waals surface area contributed by atoms with Gasteiger partial charge in [-0.15, -0.1) is 0 Å². The topological polar surface area (TPSA) is 127 Å². The normalized spacial score (nSPS) is 9.81. The minimum atomic E-state index is -0.333. The van der Waals surface area contributed by atoms with E-state index in [2.05, 4.69) is 70.2 Å². The molecule has 5 aromatic rings. The van der Waals surface area contributed by atoms with Crippen LogP contribution in [0.2, 0.25) is 0 Å². The fourth-order valence-electron chi connectivity index (χ4n) is 2.72. The molecule has 9 nitrogen and oxygen atoms in total. The predicted octanol–water partition coefficient (Wildman–Crippen LogP) is 5.76. The molecule has 0 radical (unpaired) electrons. The highest BCUT2D eigenvalue weighted by atomic mass is 79.9. The Morgan fingerprint density at radius 1 is 1.00 bits per heavy atom. The van der Waals surface area contributed by atoms with E-state index in [4.69, 9.17) is 5.26 Å². The van der Waals surface area contributed by atoms with Crippen molar-refractivity contribution in [1.29, 1.82) is 5.26 Å². The molecule has 5 aromatic heterocycles. The molecule has 0 aliphatic heterocycles. The number of halogens is 2. The molecule has 2 N–H and O–H groups in total. The third-order valence-corrected chi connectivity index (χ3v) is 5.12. The number of hydrogen-bond donors (Lipinski definition) is 1. The Bertz CT molecular complexity index is 1530. The van der Waals surface area contributed by atoms with Crippen molar-refractivity contribution in [3.05, 3.63) is 107 Å². The number of imidazole rings is 2. The van der Waals surface area contributed by atoms with Crippen molar-refractivity contribution in [2.24, 2.45) is 5.73 Å². The number of hydrogen-bond acceptors (Lipinski definition) is 6. The number of allylic oxidation sites excluding steroid dienone is 3. The predicted molar refractivity (Wildman–Crippen MR) is 151 cm³/mol. The standard InChI is InChI=1S/C11H7BrN4.C8H4BrN3.C5H8.C2H5NO/c12-8-2-3-10-15-6-9(16(10)7-8)11-13-4-1-5-14-11;9-6-1-2-8-11-4-7(3-10)12(8)5-6;1-3-5-4-2;1-2(3)4/h1-7H;1-2,4-5H;3-5H,1H2,2H3;1H3,(H2,3,4)/b;;5-4+;. The number of amides is 1. The molecule has 37 heavy (non-hydrogen) atoms. The average molecular weight is 624 g/mol. The third kappa shape index (κ3) is 9.10. The Morgan fingerprint density at radius 2 is 1.54 bits per heavy atom. The van der Waals surface area contributed by atoms with E-state index in [0.717, 1.165) is 25.9 Å². The highest BCUT2D eigenvalue weighted by Crippen LogP contribution is 2.19. The maximum Gasteiger partial charge on any atom is 0.214 e. The first-order chi connectivity index (χ1) is 17.8. The highest BCUT2D eigenvalue weighted by molar-refractivity contribution is 9.10. The largest absolute Gasteiger partial charge is 0.370 e. The van der Waals surface area contributed by atoms with Gasteiger partial charge < -0.3 is 5.73 Å². The number of nitrogens with two attached hydrogens (primary N) is 1. The molecule has 0 saturated carbocycles. The Morgan fingerprint density at radius 3 is 2.05 bits per heavy atom. The van der Waals surface area contributed by atoms with Crippen molar-refractivity contribution in [2.45, 2.75) is 13.8 Å². The van der Waals surface area contributed by atoms with Crippen molar-refractivity contribution in [3.63, 3.8) is 0 Å². The summed E-state index contributed by atoms with van der Waals surface area (Å²) in [6.45, 7) is 6.73. The number of rotatable bonds is 2. The average Bonchev–Trinajstić information content (AvgIpc) is 3.49. The second-order valence-corrected chi connectivity index (χ2v) is 8.83. The number of nitriles is 1. The maximum atomic E-state index is 9.22. The van der Waals surface area contributed by atoms with Gasteiger partial charge in [0.1, 0.15) is 28.8 Å². The van der Waals surface area contributed by atoms with E-state index < -0.39 is 0 Å². The number of fused-ring (bicyclic) bond motifs is 2. The lowest BCUT2D eigenvalue weighted by atomic mass is 10.4. The molecule has 0 aliphatic carbocycles. The summed E-state index contributed by atoms with van der Waals surface area (Å²) in [5.41, 5.74) is 7.57. The van der Waals surface area contributed by atoms with Crippen LogP contribution in [0.4, 0.5) is 0 Å². The van der Waals surface area contributed by atoms with E-state index in [0.29, 0.717) is 11.5 Å². The van der Waals surface area contributed by atoms with E-state index in [9.17, 15) is 4.79 Å². The summed E-state index contributed by atoms with van der Waals surface area (Å²) in [5.74, 6) is 0.341. The molecule has 0 saturated heterocycles. The van der Waals surface area contributed by atoms with Crippen LogP contribution in [0.5, 0.6) is 0 Å². The molecule has 0 bridgehead atoms. The fourth-order valence-corrected chi connectivity index (χ4v) is 3.40. The van der Waals surface area contributed by atoms with Gasteiger partial charge in [-0.3, -0.25) is 13.6 Å². The van der Waals surface area contributed by atoms with Crippen LogP contribution >= 0.6 is 31.9 Å². The van der Waals surface area contributed by atoms with Crippen LogP contribution in [0.1, 0.15) is 19.5 Å². The molecule has 0 unspecified atom stereocenters. The highest BCUT2D eigenvalue weighted by Gasteiger charge is 2.07. The SMILES string of the molecule is Brc1ccc2ncc(-c3ncccn3)n2c1.C=C/C=C/C.CC(N)=O.N#Cc1cnc2ccc(Br)cn12. The van der Waals surface area contributed by atoms with Crippen LogP contribution < -0.4 is 5.73 Å². The molecule has 11 heteroatoms. The third-order valence-electron chi connectivity index (χ3n) is 4.18. The number of aromatic nitrogens is 6. The van der Waals surface area contributed by atoms with Crippen molar-refractivity contribution < 1.29 is 4.79 Å². The Hall–Kier alpha value is -4.14. The van der Waals surface area contributed by atoms with Crippen LogP contribution in [-0.2, 0) is 4.79 Å². The van der Waals surface area contributed by atoms with Crippen molar-refractivity contribution in [3.8, 4) is 17.6 Å². The quantitative estimate of drug-likeness (QED) is 0.249. The number of carbonyl (C=O) groups is 1. The lowest BCUT2D eigenvalue weighted by molar-refractivity contribution is -0.115. The van der Waals surface area contributed by atoms with E-state index in [1.54, 1.807) is 41.3 Å². The van der Waals surface area contributed by atoms with Gasteiger partial charge >= 0.3 is 0 Å². The summed E-state index contributed by atoms with van der Waals surface area (Å²) in [4.78, 5) is 26.0. The first-order valence-corrected chi connectivity index (χ1v) is 12.3. The van der Waals surface area contributed by atoms with Crippen LogP contribution in [0.25, 0.3) is 22.8 Å². The van der Waals surface area contributed by atoms with Gasteiger partial charge in [-0.05, 0) is 69.1 Å². The van der Waals surface area contributed by atoms with Crippen LogP contribution in [0.15, 0.2) is 101 Å². The minimum Gasteiger partial charge on any atom is -0.370 e.